The van der Waals surface area contributed by atoms with E-state index in [1.165, 1.54) is 6.07 Å². The van der Waals surface area contributed by atoms with E-state index in [0.29, 0.717) is 11.0 Å². The van der Waals surface area contributed by atoms with Crippen molar-refractivity contribution in [3.63, 3.8) is 0 Å². The second-order valence-electron chi connectivity index (χ2n) is 2.93. The lowest BCUT2D eigenvalue weighted by Gasteiger charge is -1.94. The van der Waals surface area contributed by atoms with Gasteiger partial charge in [-0.1, -0.05) is 39.5 Å². The van der Waals surface area contributed by atoms with Gasteiger partial charge >= 0.3 is 0 Å². The molecule has 0 aromatic carbocycles. The molecule has 1 heterocycles. The van der Waals surface area contributed by atoms with E-state index in [0.717, 1.165) is 11.8 Å². The molecule has 0 aliphatic heterocycles. The molecule has 0 aliphatic rings. The molecule has 3 heteroatoms. The van der Waals surface area contributed by atoms with Gasteiger partial charge in [0.25, 0.3) is 0 Å². The predicted molar refractivity (Wildman–Crippen MR) is 71.5 cm³/mol. The highest BCUT2D eigenvalue weighted by Crippen LogP contribution is 1.81. The van der Waals surface area contributed by atoms with Gasteiger partial charge in [-0.05, 0) is 12.5 Å². The Morgan fingerprint density at radius 2 is 2.12 bits per heavy atom. The van der Waals surface area contributed by atoms with Crippen LogP contribution in [-0.2, 0) is 0 Å². The Labute approximate surface area is 96.0 Å². The molecule has 1 aromatic heterocycles. The van der Waals surface area contributed by atoms with Gasteiger partial charge in [-0.25, -0.2) is 0 Å². The highest BCUT2D eigenvalue weighted by molar-refractivity contribution is 5.40. The van der Waals surface area contributed by atoms with Crippen LogP contribution >= 0.6 is 0 Å². The van der Waals surface area contributed by atoms with Crippen LogP contribution in [0.1, 0.15) is 27.2 Å². The topological polar surface area (TPSA) is 58.9 Å². The van der Waals surface area contributed by atoms with E-state index in [9.17, 15) is 4.79 Å². The summed E-state index contributed by atoms with van der Waals surface area (Å²) in [5, 5.41) is 1.37. The summed E-state index contributed by atoms with van der Waals surface area (Å²) < 4.78 is 0. The largest absolute Gasteiger partial charge is 0.385 e. The van der Waals surface area contributed by atoms with Crippen molar-refractivity contribution in [2.75, 3.05) is 5.73 Å². The van der Waals surface area contributed by atoms with E-state index >= 15 is 0 Å². The molecule has 1 rings (SSSR count). The summed E-state index contributed by atoms with van der Waals surface area (Å²) in [7, 11) is 0. The number of aromatic nitrogens is 1. The number of nitrogens with two attached hydrogens (primary N) is 1. The molecular weight excluding hydrogens is 200 g/mol. The predicted octanol–water partition coefficient (Wildman–Crippen LogP) is 1.14. The van der Waals surface area contributed by atoms with Crippen LogP contribution in [0, 0.1) is 0 Å². The average Bonchev–Trinajstić information content (AvgIpc) is 2.26. The van der Waals surface area contributed by atoms with Crippen LogP contribution in [0.5, 0.6) is 0 Å². The molecule has 0 spiro atoms. The monoisotopic (exact) mass is 220 g/mol. The van der Waals surface area contributed by atoms with Crippen LogP contribution in [-0.4, -0.2) is 4.98 Å². The zero-order valence-corrected chi connectivity index (χ0v) is 10.2. The fourth-order valence-electron chi connectivity index (χ4n) is 1.27. The highest BCUT2D eigenvalue weighted by Gasteiger charge is 1.93. The van der Waals surface area contributed by atoms with Gasteiger partial charge in [-0.3, -0.25) is 4.79 Å². The number of H-pyrrole nitrogens is 1. The molecule has 0 saturated carbocycles. The zero-order valence-electron chi connectivity index (χ0n) is 10.2. The summed E-state index contributed by atoms with van der Waals surface area (Å²) in [5.74, 6) is 0.385. The third-order valence-electron chi connectivity index (χ3n) is 1.81. The molecule has 1 aromatic rings. The Kier molecular flexibility index (Phi) is 6.68. The number of nitrogen functional groups attached to an aromatic ring is 1. The first kappa shape index (κ1) is 14.2. The quantitative estimate of drug-likeness (QED) is 0.785. The van der Waals surface area contributed by atoms with Crippen LogP contribution < -0.4 is 21.7 Å². The van der Waals surface area contributed by atoms with Crippen LogP contribution in [0.25, 0.3) is 12.2 Å². The Morgan fingerprint density at radius 1 is 1.50 bits per heavy atom. The molecule has 3 N–H and O–H groups in total. The molecular formula is C13H20N2O. The zero-order chi connectivity index (χ0) is 12.6. The Hall–Kier alpha value is -1.77. The molecule has 0 bridgehead atoms. The smallest absolute Gasteiger partial charge is 0.191 e. The minimum atomic E-state index is -0.0825. The van der Waals surface area contributed by atoms with Gasteiger partial charge in [0, 0.05) is 16.6 Å². The second kappa shape index (κ2) is 7.51. The normalized spacial score (nSPS) is 11.9. The van der Waals surface area contributed by atoms with Crippen LogP contribution in [0.4, 0.5) is 5.82 Å². The van der Waals surface area contributed by atoms with Crippen LogP contribution in [0.3, 0.4) is 0 Å². The third kappa shape index (κ3) is 3.77. The van der Waals surface area contributed by atoms with Crippen molar-refractivity contribution in [1.29, 1.82) is 0 Å². The van der Waals surface area contributed by atoms with Crippen molar-refractivity contribution in [2.24, 2.45) is 0 Å². The number of nitrogens with one attached hydrogen (secondary N) is 1. The maximum Gasteiger partial charge on any atom is 0.191 e. The van der Waals surface area contributed by atoms with Crippen molar-refractivity contribution in [2.45, 2.75) is 27.2 Å². The Morgan fingerprint density at radius 3 is 2.62 bits per heavy atom. The number of aromatic amines is 1. The molecule has 0 radical (unpaired) electrons. The molecule has 88 valence electrons. The Balaban J connectivity index is 0.00000106. The summed E-state index contributed by atoms with van der Waals surface area (Å²) >= 11 is 0. The maximum absolute atomic E-state index is 11.5. The standard InChI is InChI=1S/C11H14N2O.C2H6/c1-3-5-8-9(6-4-2)13-11(12)7-10(8)14;1-2/h3,5-7,13H,1,4,12H2,2H3;1-2H3/b8-5+,9-6+;. The first-order valence-corrected chi connectivity index (χ1v) is 5.50. The summed E-state index contributed by atoms with van der Waals surface area (Å²) in [6.45, 7) is 9.57. The molecule has 0 aliphatic carbocycles. The minimum absolute atomic E-state index is 0.0825. The van der Waals surface area contributed by atoms with Gasteiger partial charge in [-0.15, -0.1) is 0 Å². The van der Waals surface area contributed by atoms with E-state index in [4.69, 9.17) is 5.73 Å². The maximum atomic E-state index is 11.5. The number of allylic oxidation sites excluding steroid dienone is 1. The van der Waals surface area contributed by atoms with Crippen molar-refractivity contribution in [3.05, 3.63) is 39.5 Å². The molecule has 3 nitrogen and oxygen atoms in total. The third-order valence-corrected chi connectivity index (χ3v) is 1.81. The van der Waals surface area contributed by atoms with Crippen molar-refractivity contribution < 1.29 is 0 Å². The van der Waals surface area contributed by atoms with Crippen LogP contribution in [0.2, 0.25) is 0 Å². The molecule has 0 fully saturated rings. The van der Waals surface area contributed by atoms with Gasteiger partial charge in [0.1, 0.15) is 5.82 Å². The summed E-state index contributed by atoms with van der Waals surface area (Å²) in [6.07, 6.45) is 6.04. The van der Waals surface area contributed by atoms with Gasteiger partial charge in [0.15, 0.2) is 5.43 Å². The first-order valence-electron chi connectivity index (χ1n) is 5.50. The lowest BCUT2D eigenvalue weighted by molar-refractivity contribution is 1.17. The van der Waals surface area contributed by atoms with E-state index in [1.54, 1.807) is 12.2 Å². The van der Waals surface area contributed by atoms with E-state index in [1.807, 2.05) is 26.8 Å². The highest BCUT2D eigenvalue weighted by atomic mass is 16.1. The molecule has 0 saturated heterocycles. The van der Waals surface area contributed by atoms with Crippen molar-refractivity contribution in [3.8, 4) is 0 Å². The van der Waals surface area contributed by atoms with Crippen LogP contribution in [0.15, 0.2) is 23.5 Å². The Bertz CT molecular complexity index is 498. The minimum Gasteiger partial charge on any atom is -0.385 e. The number of pyridine rings is 1. The number of hydrogen-bond donors (Lipinski definition) is 2. The molecule has 0 atom stereocenters. The summed E-state index contributed by atoms with van der Waals surface area (Å²) in [6, 6.07) is 1.38. The number of hydrogen-bond acceptors (Lipinski definition) is 2. The lowest BCUT2D eigenvalue weighted by Crippen LogP contribution is -2.40. The molecule has 0 amide bonds. The number of rotatable bonds is 2. The first-order chi connectivity index (χ1) is 7.69. The molecule has 0 unspecified atom stereocenters. The number of anilines is 1. The SMILES string of the molecule is C=C/C=c1/c(=O)cc(N)[nH]/c1=C/CC.CC. The fraction of sp³-hybridized carbons (Fsp3) is 0.308. The van der Waals surface area contributed by atoms with Crippen molar-refractivity contribution in [1.82, 2.24) is 4.98 Å². The summed E-state index contributed by atoms with van der Waals surface area (Å²) in [4.78, 5) is 14.5. The average molecular weight is 220 g/mol. The van der Waals surface area contributed by atoms with Gasteiger partial charge < -0.3 is 10.7 Å². The van der Waals surface area contributed by atoms with E-state index < -0.39 is 0 Å². The van der Waals surface area contributed by atoms with Crippen molar-refractivity contribution >= 4 is 18.0 Å². The van der Waals surface area contributed by atoms with E-state index in [2.05, 4.69) is 11.6 Å². The molecule has 16 heavy (non-hydrogen) atoms. The summed E-state index contributed by atoms with van der Waals surface area (Å²) in [5.41, 5.74) is 5.46. The second-order valence-corrected chi connectivity index (χ2v) is 2.93. The fourth-order valence-corrected chi connectivity index (χ4v) is 1.27. The van der Waals surface area contributed by atoms with Gasteiger partial charge in [0.05, 0.1) is 0 Å². The van der Waals surface area contributed by atoms with E-state index in [-0.39, 0.29) is 5.43 Å². The van der Waals surface area contributed by atoms with Gasteiger partial charge in [-0.2, -0.15) is 0 Å². The lowest BCUT2D eigenvalue weighted by atomic mass is 10.2. The van der Waals surface area contributed by atoms with Gasteiger partial charge in [0.2, 0.25) is 0 Å².